The quantitative estimate of drug-likeness (QED) is 0.283. The highest BCUT2D eigenvalue weighted by atomic mass is 79.9. The van der Waals surface area contributed by atoms with E-state index >= 15 is 0 Å². The SMILES string of the molecule is [2H]c1c([2H])c(-c2ccccc2)c2c(C3(O)c4ccccc4-c4c(Br)cccc43)c([2H])c([2H])c([2H])c2c1[2H]. The Morgan fingerprint density at radius 1 is 0.677 bits per heavy atom. The first kappa shape index (κ1) is 13.3. The molecule has 5 aromatic rings. The van der Waals surface area contributed by atoms with Crippen LogP contribution in [0.3, 0.4) is 0 Å². The molecule has 31 heavy (non-hydrogen) atoms. The number of aliphatic hydroxyl groups is 1. The Kier molecular flexibility index (Phi) is 2.96. The van der Waals surface area contributed by atoms with Gasteiger partial charge >= 0.3 is 0 Å². The average molecular weight is 469 g/mol. The Bertz CT molecular complexity index is 1760. The summed E-state index contributed by atoms with van der Waals surface area (Å²) in [5, 5.41) is 12.9. The molecule has 0 fully saturated rings. The van der Waals surface area contributed by atoms with Gasteiger partial charge in [0.1, 0.15) is 5.60 Å². The Balaban J connectivity index is 1.92. The van der Waals surface area contributed by atoms with E-state index in [1.165, 1.54) is 0 Å². The molecule has 0 aliphatic heterocycles. The lowest BCUT2D eigenvalue weighted by atomic mass is 9.80. The summed E-state index contributed by atoms with van der Waals surface area (Å²) < 4.78 is 53.2. The minimum absolute atomic E-state index is 0.0230. The lowest BCUT2D eigenvalue weighted by molar-refractivity contribution is 0.132. The number of hydrogen-bond donors (Lipinski definition) is 1. The summed E-state index contributed by atoms with van der Waals surface area (Å²) in [5.41, 5.74) is 1.48. The standard InChI is InChI=1S/C29H19BrO/c30-26-18-8-17-25-28(26)22-13-4-5-15-23(22)29(25,31)24-16-7-12-20-11-6-14-21(27(20)24)19-9-2-1-3-10-19/h1-18,31H/i6D,7D,11D,12D,14D,16D. The molecule has 1 atom stereocenters. The number of hydrogen-bond acceptors (Lipinski definition) is 1. The first-order valence-electron chi connectivity index (χ1n) is 12.9. The fraction of sp³-hybridized carbons (Fsp3) is 0.0345. The maximum atomic E-state index is 12.8. The molecule has 1 N–H and O–H groups in total. The zero-order chi connectivity index (χ0) is 26.2. The fourth-order valence-corrected chi connectivity index (χ4v) is 5.17. The van der Waals surface area contributed by atoms with E-state index in [0.29, 0.717) is 16.7 Å². The van der Waals surface area contributed by atoms with Gasteiger partial charge in [0.2, 0.25) is 0 Å². The average Bonchev–Trinajstić information content (AvgIpc) is 3.17. The van der Waals surface area contributed by atoms with E-state index in [9.17, 15) is 5.11 Å². The fourth-order valence-electron chi connectivity index (χ4n) is 4.59. The third-order valence-corrected chi connectivity index (χ3v) is 6.57. The van der Waals surface area contributed by atoms with Gasteiger partial charge in [-0.25, -0.2) is 0 Å². The summed E-state index contributed by atoms with van der Waals surface area (Å²) >= 11 is 3.61. The van der Waals surface area contributed by atoms with Crippen molar-refractivity contribution in [3.63, 3.8) is 0 Å². The molecule has 0 bridgehead atoms. The van der Waals surface area contributed by atoms with Crippen LogP contribution in [0.4, 0.5) is 0 Å². The summed E-state index contributed by atoms with van der Waals surface area (Å²) in [5.74, 6) is 0. The van der Waals surface area contributed by atoms with Crippen molar-refractivity contribution in [2.45, 2.75) is 5.60 Å². The van der Waals surface area contributed by atoms with Crippen molar-refractivity contribution in [2.75, 3.05) is 0 Å². The predicted octanol–water partition coefficient (Wildman–Crippen LogP) is 7.53. The number of benzene rings is 5. The molecule has 0 spiro atoms. The lowest BCUT2D eigenvalue weighted by Crippen LogP contribution is -2.26. The molecule has 0 amide bonds. The van der Waals surface area contributed by atoms with Crippen LogP contribution in [0.25, 0.3) is 33.0 Å². The minimum atomic E-state index is -1.90. The Labute approximate surface area is 198 Å². The molecule has 0 saturated carbocycles. The van der Waals surface area contributed by atoms with Crippen LogP contribution < -0.4 is 0 Å². The molecule has 2 heteroatoms. The highest BCUT2D eigenvalue weighted by molar-refractivity contribution is 9.10. The van der Waals surface area contributed by atoms with Crippen molar-refractivity contribution in [3.05, 3.63) is 130 Å². The summed E-state index contributed by atoms with van der Waals surface area (Å²) in [6, 6.07) is 19.5. The van der Waals surface area contributed by atoms with Crippen molar-refractivity contribution in [3.8, 4) is 22.3 Å². The van der Waals surface area contributed by atoms with Crippen LogP contribution in [0, 0.1) is 0 Å². The van der Waals surface area contributed by atoms with Crippen LogP contribution in [-0.2, 0) is 5.60 Å². The van der Waals surface area contributed by atoms with Crippen molar-refractivity contribution in [1.29, 1.82) is 0 Å². The molecule has 1 aliphatic rings. The third kappa shape index (κ3) is 2.59. The molecule has 148 valence electrons. The van der Waals surface area contributed by atoms with E-state index in [0.717, 1.165) is 15.6 Å². The van der Waals surface area contributed by atoms with E-state index in [1.54, 1.807) is 48.5 Å². The second-order valence-electron chi connectivity index (χ2n) is 7.53. The first-order valence-corrected chi connectivity index (χ1v) is 10.7. The van der Waals surface area contributed by atoms with E-state index in [2.05, 4.69) is 15.9 Å². The van der Waals surface area contributed by atoms with Gasteiger partial charge in [-0.15, -0.1) is 0 Å². The van der Waals surface area contributed by atoms with Crippen molar-refractivity contribution in [1.82, 2.24) is 0 Å². The Morgan fingerprint density at radius 3 is 2.23 bits per heavy atom. The zero-order valence-electron chi connectivity index (χ0n) is 22.3. The molecule has 0 saturated heterocycles. The Morgan fingerprint density at radius 2 is 1.39 bits per heavy atom. The van der Waals surface area contributed by atoms with E-state index < -0.39 is 11.6 Å². The smallest absolute Gasteiger partial charge is 0.142 e. The highest BCUT2D eigenvalue weighted by Gasteiger charge is 2.44. The molecule has 0 heterocycles. The third-order valence-electron chi connectivity index (χ3n) is 5.91. The van der Waals surface area contributed by atoms with E-state index in [4.69, 9.17) is 8.22 Å². The topological polar surface area (TPSA) is 20.2 Å². The largest absolute Gasteiger partial charge is 0.376 e. The summed E-state index contributed by atoms with van der Waals surface area (Å²) in [7, 11) is 0. The summed E-state index contributed by atoms with van der Waals surface area (Å²) in [6.45, 7) is 0. The molecular formula is C29H19BrO. The van der Waals surface area contributed by atoms with Crippen LogP contribution in [0.15, 0.2) is 114 Å². The molecule has 5 aromatic carbocycles. The van der Waals surface area contributed by atoms with Crippen LogP contribution in [0.1, 0.15) is 24.9 Å². The maximum Gasteiger partial charge on any atom is 0.142 e. The minimum Gasteiger partial charge on any atom is -0.376 e. The zero-order valence-corrected chi connectivity index (χ0v) is 17.8. The molecule has 0 radical (unpaired) electrons. The monoisotopic (exact) mass is 468 g/mol. The van der Waals surface area contributed by atoms with Crippen molar-refractivity contribution >= 4 is 26.7 Å². The predicted molar refractivity (Wildman–Crippen MR) is 131 cm³/mol. The van der Waals surface area contributed by atoms with Crippen LogP contribution in [0.2, 0.25) is 0 Å². The number of fused-ring (bicyclic) bond motifs is 4. The van der Waals surface area contributed by atoms with Gasteiger partial charge < -0.3 is 5.11 Å². The number of rotatable bonds is 2. The van der Waals surface area contributed by atoms with Crippen LogP contribution in [-0.4, -0.2) is 5.11 Å². The van der Waals surface area contributed by atoms with Crippen LogP contribution >= 0.6 is 15.9 Å². The van der Waals surface area contributed by atoms with Crippen LogP contribution in [0.5, 0.6) is 0 Å². The first-order chi connectivity index (χ1) is 17.7. The summed E-state index contributed by atoms with van der Waals surface area (Å²) in [4.78, 5) is 0. The van der Waals surface area contributed by atoms with Crippen molar-refractivity contribution < 1.29 is 13.3 Å². The van der Waals surface area contributed by atoms with Gasteiger partial charge in [0.15, 0.2) is 0 Å². The van der Waals surface area contributed by atoms with E-state index in [1.807, 2.05) is 24.3 Å². The van der Waals surface area contributed by atoms with Crippen molar-refractivity contribution in [2.24, 2.45) is 0 Å². The number of halogens is 1. The molecular weight excluding hydrogens is 444 g/mol. The van der Waals surface area contributed by atoms with Gasteiger partial charge in [0, 0.05) is 26.7 Å². The molecule has 0 aromatic heterocycles. The molecule has 1 unspecified atom stereocenters. The normalized spacial score (nSPS) is 19.5. The van der Waals surface area contributed by atoms with Gasteiger partial charge in [0.25, 0.3) is 0 Å². The molecule has 1 aliphatic carbocycles. The second-order valence-corrected chi connectivity index (χ2v) is 8.39. The molecule has 1 nitrogen and oxygen atoms in total. The second kappa shape index (κ2) is 6.91. The van der Waals surface area contributed by atoms with Gasteiger partial charge in [0.05, 0.1) is 8.22 Å². The van der Waals surface area contributed by atoms with Gasteiger partial charge in [-0.1, -0.05) is 119 Å². The van der Waals surface area contributed by atoms with Gasteiger partial charge in [-0.2, -0.15) is 0 Å². The van der Waals surface area contributed by atoms with E-state index in [-0.39, 0.29) is 52.1 Å². The molecule has 6 rings (SSSR count). The highest BCUT2D eigenvalue weighted by Crippen LogP contribution is 2.54. The Hall–Kier alpha value is -3.20. The van der Waals surface area contributed by atoms with Gasteiger partial charge in [-0.3, -0.25) is 0 Å². The summed E-state index contributed by atoms with van der Waals surface area (Å²) in [6.07, 6.45) is 0. The van der Waals surface area contributed by atoms with Gasteiger partial charge in [-0.05, 0) is 33.5 Å². The lowest BCUT2D eigenvalue weighted by Gasteiger charge is -2.29. The maximum absolute atomic E-state index is 12.8.